The largest absolute Gasteiger partial charge is 0.301 e. The van der Waals surface area contributed by atoms with E-state index in [2.05, 4.69) is 43.2 Å². The Morgan fingerprint density at radius 1 is 1.19 bits per heavy atom. The van der Waals surface area contributed by atoms with Crippen LogP contribution in [0.25, 0.3) is 0 Å². The standard InChI is InChI=1S/C15H16Br2N2S2/c16-9-7-12(20-14(9)17)13(18-8-5-6-8)15-19-10-3-1-2-4-11(10)21-15/h7-8,13,18H,1-6H2. The van der Waals surface area contributed by atoms with Gasteiger partial charge in [-0.15, -0.1) is 22.7 Å². The van der Waals surface area contributed by atoms with Crippen molar-refractivity contribution in [1.29, 1.82) is 0 Å². The van der Waals surface area contributed by atoms with Gasteiger partial charge in [-0.05, 0) is 76.5 Å². The minimum absolute atomic E-state index is 0.265. The minimum Gasteiger partial charge on any atom is -0.301 e. The lowest BCUT2D eigenvalue weighted by molar-refractivity contribution is 0.601. The molecule has 6 heteroatoms. The van der Waals surface area contributed by atoms with Gasteiger partial charge in [0.15, 0.2) is 0 Å². The highest BCUT2D eigenvalue weighted by molar-refractivity contribution is 9.13. The summed E-state index contributed by atoms with van der Waals surface area (Å²) in [5.41, 5.74) is 1.36. The van der Waals surface area contributed by atoms with Crippen molar-refractivity contribution in [1.82, 2.24) is 10.3 Å². The third-order valence-electron chi connectivity index (χ3n) is 4.04. The number of fused-ring (bicyclic) bond motifs is 1. The van der Waals surface area contributed by atoms with E-state index in [9.17, 15) is 0 Å². The summed E-state index contributed by atoms with van der Waals surface area (Å²) in [6, 6.07) is 3.17. The molecule has 0 spiro atoms. The maximum Gasteiger partial charge on any atom is 0.116 e. The second-order valence-electron chi connectivity index (χ2n) is 5.77. The molecule has 1 unspecified atom stereocenters. The second kappa shape index (κ2) is 6.04. The lowest BCUT2D eigenvalue weighted by atomic mass is 10.0. The zero-order chi connectivity index (χ0) is 14.4. The van der Waals surface area contributed by atoms with Gasteiger partial charge in [0.05, 0.1) is 15.5 Å². The predicted molar refractivity (Wildman–Crippen MR) is 96.5 cm³/mol. The Morgan fingerprint density at radius 2 is 2.00 bits per heavy atom. The highest BCUT2D eigenvalue weighted by Crippen LogP contribution is 2.41. The smallest absolute Gasteiger partial charge is 0.116 e. The van der Waals surface area contributed by atoms with E-state index in [0.29, 0.717) is 6.04 Å². The second-order valence-corrected chi connectivity index (χ2v) is 10.1. The number of nitrogens with one attached hydrogen (secondary N) is 1. The molecule has 1 fully saturated rings. The Hall–Kier alpha value is 0.250. The molecule has 2 aliphatic carbocycles. The molecule has 1 N–H and O–H groups in total. The maximum atomic E-state index is 4.98. The molecule has 1 saturated carbocycles. The summed E-state index contributed by atoms with van der Waals surface area (Å²) in [4.78, 5) is 7.85. The SMILES string of the molecule is Brc1cc(C(NC2CC2)c2nc3c(s2)CCCC3)sc1Br. The number of halogens is 2. The number of aromatic nitrogens is 1. The highest BCUT2D eigenvalue weighted by atomic mass is 79.9. The van der Waals surface area contributed by atoms with Crippen LogP contribution in [0.5, 0.6) is 0 Å². The Bertz CT molecular complexity index is 618. The molecule has 0 radical (unpaired) electrons. The van der Waals surface area contributed by atoms with Gasteiger partial charge in [0.25, 0.3) is 0 Å². The number of aryl methyl sites for hydroxylation is 2. The molecule has 2 aromatic rings. The number of thiophene rings is 1. The van der Waals surface area contributed by atoms with Crippen LogP contribution in [-0.2, 0) is 12.8 Å². The molecule has 2 heterocycles. The summed E-state index contributed by atoms with van der Waals surface area (Å²) in [5.74, 6) is 0. The van der Waals surface area contributed by atoms with E-state index < -0.39 is 0 Å². The lowest BCUT2D eigenvalue weighted by Gasteiger charge is -2.14. The third kappa shape index (κ3) is 3.15. The van der Waals surface area contributed by atoms with Crippen LogP contribution < -0.4 is 5.32 Å². The monoisotopic (exact) mass is 446 g/mol. The van der Waals surface area contributed by atoms with Gasteiger partial charge in [0, 0.05) is 20.3 Å². The molecule has 0 aromatic carbocycles. The summed E-state index contributed by atoms with van der Waals surface area (Å²) in [6.07, 6.45) is 7.61. The van der Waals surface area contributed by atoms with E-state index in [-0.39, 0.29) is 6.04 Å². The summed E-state index contributed by atoms with van der Waals surface area (Å²) in [7, 11) is 0. The van der Waals surface area contributed by atoms with Gasteiger partial charge in [-0.1, -0.05) is 0 Å². The predicted octanol–water partition coefficient (Wildman–Crippen LogP) is 5.45. The van der Waals surface area contributed by atoms with E-state index in [4.69, 9.17) is 4.98 Å². The van der Waals surface area contributed by atoms with Gasteiger partial charge in [-0.3, -0.25) is 0 Å². The van der Waals surface area contributed by atoms with Crippen molar-refractivity contribution in [3.05, 3.63) is 34.8 Å². The van der Waals surface area contributed by atoms with Gasteiger partial charge in [0.2, 0.25) is 0 Å². The average Bonchev–Trinajstić information content (AvgIpc) is 3.10. The first-order valence-corrected chi connectivity index (χ1v) is 10.6. The molecule has 1 atom stereocenters. The van der Waals surface area contributed by atoms with Crippen molar-refractivity contribution in [3.63, 3.8) is 0 Å². The zero-order valence-corrected chi connectivity index (χ0v) is 16.3. The van der Waals surface area contributed by atoms with Crippen molar-refractivity contribution in [3.8, 4) is 0 Å². The third-order valence-corrected chi connectivity index (χ3v) is 8.58. The van der Waals surface area contributed by atoms with Crippen LogP contribution in [0.2, 0.25) is 0 Å². The van der Waals surface area contributed by atoms with E-state index in [1.165, 1.54) is 62.8 Å². The Kier molecular flexibility index (Phi) is 4.26. The number of rotatable bonds is 4. The Balaban J connectivity index is 1.69. The molecule has 0 aliphatic heterocycles. The van der Waals surface area contributed by atoms with Crippen molar-refractivity contribution in [2.24, 2.45) is 0 Å². The molecule has 0 saturated heterocycles. The van der Waals surface area contributed by atoms with Crippen LogP contribution in [0.4, 0.5) is 0 Å². The van der Waals surface area contributed by atoms with E-state index in [0.717, 1.165) is 4.47 Å². The van der Waals surface area contributed by atoms with E-state index in [1.807, 2.05) is 11.3 Å². The van der Waals surface area contributed by atoms with E-state index >= 15 is 0 Å². The average molecular weight is 448 g/mol. The van der Waals surface area contributed by atoms with Crippen LogP contribution in [0, 0.1) is 0 Å². The number of thiazole rings is 1. The van der Waals surface area contributed by atoms with E-state index in [1.54, 1.807) is 11.3 Å². The Labute approximate surface area is 149 Å². The van der Waals surface area contributed by atoms with Crippen LogP contribution in [0.1, 0.15) is 52.2 Å². The molecule has 112 valence electrons. The molecule has 2 nitrogen and oxygen atoms in total. The molecule has 4 rings (SSSR count). The first-order valence-electron chi connectivity index (χ1n) is 7.40. The minimum atomic E-state index is 0.265. The molecule has 2 aromatic heterocycles. The van der Waals surface area contributed by atoms with Gasteiger partial charge >= 0.3 is 0 Å². The van der Waals surface area contributed by atoms with Crippen LogP contribution in [0.15, 0.2) is 14.3 Å². The first-order chi connectivity index (χ1) is 10.2. The van der Waals surface area contributed by atoms with Crippen molar-refractivity contribution >= 4 is 54.5 Å². The topological polar surface area (TPSA) is 24.9 Å². The summed E-state index contributed by atoms with van der Waals surface area (Å²) < 4.78 is 2.31. The van der Waals surface area contributed by atoms with Crippen molar-refractivity contribution < 1.29 is 0 Å². The lowest BCUT2D eigenvalue weighted by Crippen LogP contribution is -2.23. The molecule has 2 aliphatic rings. The van der Waals surface area contributed by atoms with Crippen LogP contribution in [0.3, 0.4) is 0 Å². The summed E-state index contributed by atoms with van der Waals surface area (Å²) >= 11 is 11.0. The van der Waals surface area contributed by atoms with Crippen molar-refractivity contribution in [2.45, 2.75) is 50.6 Å². The number of hydrogen-bond donors (Lipinski definition) is 1. The normalized spacial score (nSPS) is 19.5. The van der Waals surface area contributed by atoms with Crippen LogP contribution >= 0.6 is 54.5 Å². The van der Waals surface area contributed by atoms with Crippen LogP contribution in [-0.4, -0.2) is 11.0 Å². The fourth-order valence-electron chi connectivity index (χ4n) is 2.76. The highest BCUT2D eigenvalue weighted by Gasteiger charge is 2.30. The fraction of sp³-hybridized carbons (Fsp3) is 0.533. The molecular formula is C15H16Br2N2S2. The molecular weight excluding hydrogens is 432 g/mol. The molecule has 21 heavy (non-hydrogen) atoms. The maximum absolute atomic E-state index is 4.98. The van der Waals surface area contributed by atoms with Crippen molar-refractivity contribution in [2.75, 3.05) is 0 Å². The van der Waals surface area contributed by atoms with Gasteiger partial charge in [-0.25, -0.2) is 4.98 Å². The molecule has 0 amide bonds. The fourth-order valence-corrected chi connectivity index (χ4v) is 6.22. The summed E-state index contributed by atoms with van der Waals surface area (Å²) in [5, 5.41) is 5.05. The zero-order valence-electron chi connectivity index (χ0n) is 11.5. The summed E-state index contributed by atoms with van der Waals surface area (Å²) in [6.45, 7) is 0. The number of nitrogens with zero attached hydrogens (tertiary/aromatic N) is 1. The van der Waals surface area contributed by atoms with Gasteiger partial charge < -0.3 is 5.32 Å². The van der Waals surface area contributed by atoms with Gasteiger partial charge in [0.1, 0.15) is 5.01 Å². The molecule has 0 bridgehead atoms. The first kappa shape index (κ1) is 14.8. The number of hydrogen-bond acceptors (Lipinski definition) is 4. The van der Waals surface area contributed by atoms with Gasteiger partial charge in [-0.2, -0.15) is 0 Å². The quantitative estimate of drug-likeness (QED) is 0.673. The Morgan fingerprint density at radius 3 is 2.67 bits per heavy atom.